The Labute approximate surface area is 193 Å². The predicted octanol–water partition coefficient (Wildman–Crippen LogP) is 6.91. The van der Waals surface area contributed by atoms with Gasteiger partial charge in [0.05, 0.1) is 0 Å². The van der Waals surface area contributed by atoms with Gasteiger partial charge in [0, 0.05) is 33.3 Å². The van der Waals surface area contributed by atoms with Crippen molar-refractivity contribution in [3.05, 3.63) is 32.9 Å². The van der Waals surface area contributed by atoms with Gasteiger partial charge in [0.1, 0.15) is 0 Å². The number of hydrogen-bond acceptors (Lipinski definition) is 2. The van der Waals surface area contributed by atoms with E-state index in [1.54, 1.807) is 20.8 Å². The van der Waals surface area contributed by atoms with E-state index in [9.17, 15) is 9.90 Å². The van der Waals surface area contributed by atoms with Crippen molar-refractivity contribution < 1.29 is 9.90 Å². The Kier molecular flexibility index (Phi) is 63.2. The van der Waals surface area contributed by atoms with Gasteiger partial charge in [0.15, 0.2) is 0 Å². The fraction of sp³-hybridized carbons (Fsp3) is 0.750. The van der Waals surface area contributed by atoms with E-state index in [1.807, 2.05) is 0 Å². The summed E-state index contributed by atoms with van der Waals surface area (Å²) in [7, 11) is 0. The molecule has 0 aliphatic rings. The van der Waals surface area contributed by atoms with Crippen LogP contribution in [0.25, 0.3) is 0 Å². The summed E-state index contributed by atoms with van der Waals surface area (Å²) in [5.74, 6) is -0.914. The van der Waals surface area contributed by atoms with Gasteiger partial charge in [-0.15, -0.1) is 0 Å². The molecule has 0 saturated heterocycles. The third-order valence-corrected chi connectivity index (χ3v) is 3.64. The van der Waals surface area contributed by atoms with Crippen molar-refractivity contribution in [1.29, 1.82) is 0 Å². The summed E-state index contributed by atoms with van der Waals surface area (Å²) in [6.07, 6.45) is 20.9. The minimum atomic E-state index is -0.914. The van der Waals surface area contributed by atoms with Gasteiger partial charge in [-0.1, -0.05) is 112 Å². The molecule has 0 aromatic carbocycles. The number of unbranched alkanes of at least 4 members (excludes halogenated alkanes) is 11. The average Bonchev–Trinajstić information content (AvgIpc) is 2.69. The van der Waals surface area contributed by atoms with Crippen molar-refractivity contribution >= 4 is 33.3 Å². The Hall–Kier alpha value is 0.132. The van der Waals surface area contributed by atoms with E-state index in [-0.39, 0.29) is 33.7 Å². The molecule has 0 amide bonds. The molecule has 2 nitrogen and oxygen atoms in total. The number of rotatable bonds is 15. The number of aliphatic carboxylic acids is 1. The molecule has 0 heterocycles. The van der Waals surface area contributed by atoms with E-state index in [0.717, 1.165) is 19.3 Å². The summed E-state index contributed by atoms with van der Waals surface area (Å²) in [6.45, 7) is 17.3. The van der Waals surface area contributed by atoms with E-state index in [1.165, 1.54) is 64.2 Å². The molecule has 0 atom stereocenters. The third-order valence-electron chi connectivity index (χ3n) is 3.64. The van der Waals surface area contributed by atoms with Gasteiger partial charge in [0.2, 0.25) is 0 Å². The first-order chi connectivity index (χ1) is 12.8. The van der Waals surface area contributed by atoms with Crippen LogP contribution in [0.4, 0.5) is 0 Å². The van der Waals surface area contributed by atoms with Crippen molar-refractivity contribution in [2.75, 3.05) is 0 Å². The van der Waals surface area contributed by atoms with Crippen LogP contribution in [-0.2, 0) is 4.79 Å². The van der Waals surface area contributed by atoms with Gasteiger partial charge in [-0.2, -0.15) is 0 Å². The molecule has 3 heteroatoms. The number of allylic oxidation sites excluding steroid dienone is 2. The van der Waals surface area contributed by atoms with E-state index in [4.69, 9.17) is 0 Å². The molecule has 0 N–H and O–H groups in total. The quantitative estimate of drug-likeness (QED) is 0.121. The average molecular weight is 576 g/mol. The zero-order valence-electron chi connectivity index (χ0n) is 19.0. The maximum Gasteiger partial charge on any atom is 0.0414 e. The zero-order valence-corrected chi connectivity index (χ0v) is 22.9. The van der Waals surface area contributed by atoms with Crippen LogP contribution in [0.1, 0.15) is 118 Å². The summed E-state index contributed by atoms with van der Waals surface area (Å²) in [6, 6.07) is 0. The number of carboxylic acid groups (broad SMARTS) is 1. The van der Waals surface area contributed by atoms with Crippen molar-refractivity contribution in [1.82, 2.24) is 0 Å². The first-order valence-electron chi connectivity index (χ1n) is 10.7. The largest absolute Gasteiger partial charge is 0.550 e. The minimum Gasteiger partial charge on any atom is -0.550 e. The molecule has 0 bridgehead atoms. The first kappa shape index (κ1) is 37.8. The molecule has 0 saturated carbocycles. The number of carbonyl (C=O) groups excluding carboxylic acids is 1. The van der Waals surface area contributed by atoms with Crippen LogP contribution in [0.3, 0.4) is 0 Å². The topological polar surface area (TPSA) is 40.1 Å². The Morgan fingerprint density at radius 3 is 1.37 bits per heavy atom. The molecular formula is C24H48O2Pb-. The smallest absolute Gasteiger partial charge is 0.0414 e. The van der Waals surface area contributed by atoms with Gasteiger partial charge < -0.3 is 9.90 Å². The van der Waals surface area contributed by atoms with Crippen molar-refractivity contribution in [2.45, 2.75) is 118 Å². The van der Waals surface area contributed by atoms with Crippen LogP contribution in [0, 0.1) is 20.8 Å². The van der Waals surface area contributed by atoms with Crippen LogP contribution in [0.5, 0.6) is 0 Å². The summed E-state index contributed by atoms with van der Waals surface area (Å²) < 4.78 is 0. The van der Waals surface area contributed by atoms with Gasteiger partial charge in [-0.05, 0) is 38.5 Å². The fourth-order valence-corrected chi connectivity index (χ4v) is 2.34. The van der Waals surface area contributed by atoms with E-state index >= 15 is 0 Å². The van der Waals surface area contributed by atoms with Crippen LogP contribution >= 0.6 is 0 Å². The second-order valence-electron chi connectivity index (χ2n) is 5.71. The molecule has 0 aromatic heterocycles. The molecule has 0 aromatic rings. The summed E-state index contributed by atoms with van der Waals surface area (Å²) >= 11 is 0. The summed E-state index contributed by atoms with van der Waals surface area (Å²) in [5, 5.41) is 10.2. The molecule has 0 rings (SSSR count). The molecule has 161 valence electrons. The zero-order chi connectivity index (χ0) is 20.9. The van der Waals surface area contributed by atoms with Crippen LogP contribution in [0.15, 0.2) is 12.2 Å². The monoisotopic (exact) mass is 576 g/mol. The normalized spacial score (nSPS) is 9.00. The molecular weight excluding hydrogens is 527 g/mol. The summed E-state index contributed by atoms with van der Waals surface area (Å²) in [4.78, 5) is 10.2. The number of hydrogen-bond donors (Lipinski definition) is 0. The SMILES string of the molecule is CCCCCCCC/C=C\CCCCCCCC(=O)[O-].[CH2]C.[CH2]C.[CH2]C.[Pb]. The molecule has 0 unspecified atom stereocenters. The van der Waals surface area contributed by atoms with Crippen LogP contribution < -0.4 is 5.11 Å². The molecule has 7 radical (unpaired) electrons. The molecule has 0 fully saturated rings. The molecule has 0 spiro atoms. The van der Waals surface area contributed by atoms with E-state index in [0.29, 0.717) is 0 Å². The van der Waals surface area contributed by atoms with Gasteiger partial charge >= 0.3 is 0 Å². The molecule has 27 heavy (non-hydrogen) atoms. The van der Waals surface area contributed by atoms with Crippen molar-refractivity contribution in [2.24, 2.45) is 0 Å². The van der Waals surface area contributed by atoms with E-state index in [2.05, 4.69) is 39.8 Å². The summed E-state index contributed by atoms with van der Waals surface area (Å²) in [5.41, 5.74) is 0. The number of carboxylic acids is 1. The second kappa shape index (κ2) is 45.1. The Morgan fingerprint density at radius 1 is 0.667 bits per heavy atom. The molecule has 0 aliphatic carbocycles. The third kappa shape index (κ3) is 51.8. The van der Waals surface area contributed by atoms with Crippen molar-refractivity contribution in [3.8, 4) is 0 Å². The first-order valence-corrected chi connectivity index (χ1v) is 10.7. The standard InChI is InChI=1S/C18H34O2.3C2H5.Pb/c1-2-3-4-5-6-7-8-9-10-11-12-13-14-15-16-17-18(19)20;3*1-2;/h9-10H,2-8,11-17H2,1H3,(H,19,20);3*1H2,2H3;/p-1/b10-9-;;;;. The van der Waals surface area contributed by atoms with Gasteiger partial charge in [-0.25, -0.2) is 0 Å². The Balaban J connectivity index is -0.000000208. The van der Waals surface area contributed by atoms with Gasteiger partial charge in [-0.3, -0.25) is 0 Å². The van der Waals surface area contributed by atoms with Gasteiger partial charge in [0.25, 0.3) is 0 Å². The van der Waals surface area contributed by atoms with E-state index < -0.39 is 5.97 Å². The van der Waals surface area contributed by atoms with Crippen LogP contribution in [-0.4, -0.2) is 33.3 Å². The molecule has 0 aliphatic heterocycles. The van der Waals surface area contributed by atoms with Crippen molar-refractivity contribution in [3.63, 3.8) is 0 Å². The Bertz CT molecular complexity index is 241. The number of carbonyl (C=O) groups is 1. The predicted molar refractivity (Wildman–Crippen MR) is 123 cm³/mol. The minimum absolute atomic E-state index is 0. The Morgan fingerprint density at radius 2 is 1.00 bits per heavy atom. The maximum absolute atomic E-state index is 10.2. The maximum atomic E-state index is 10.2. The fourth-order valence-electron chi connectivity index (χ4n) is 2.34. The second-order valence-corrected chi connectivity index (χ2v) is 5.71. The van der Waals surface area contributed by atoms with Crippen LogP contribution in [0.2, 0.25) is 0 Å².